The van der Waals surface area contributed by atoms with Crippen LogP contribution in [0.25, 0.3) is 0 Å². The van der Waals surface area contributed by atoms with Crippen molar-refractivity contribution >= 4 is 29.9 Å². The zero-order valence-corrected chi connectivity index (χ0v) is 21.3. The molecule has 0 saturated heterocycles. The molecule has 2 aromatic carbocycles. The zero-order chi connectivity index (χ0) is 27.7. The Balaban J connectivity index is 1.63. The summed E-state index contributed by atoms with van der Waals surface area (Å²) < 4.78 is 15.6. The highest BCUT2D eigenvalue weighted by molar-refractivity contribution is 5.97. The molecule has 1 aliphatic rings. The molecule has 11 nitrogen and oxygen atoms in total. The molecule has 0 heterocycles. The minimum Gasteiger partial charge on any atom is -0.457 e. The van der Waals surface area contributed by atoms with E-state index in [-0.39, 0.29) is 19.5 Å². The monoisotopic (exact) mass is 525 g/mol. The van der Waals surface area contributed by atoms with Gasteiger partial charge in [0.15, 0.2) is 0 Å². The summed E-state index contributed by atoms with van der Waals surface area (Å²) in [5.74, 6) is -5.83. The quantitative estimate of drug-likeness (QED) is 0.332. The smallest absolute Gasteiger partial charge is 0.417 e. The molecule has 0 spiro atoms. The number of ether oxygens (including phenoxy) is 3. The summed E-state index contributed by atoms with van der Waals surface area (Å²) in [7, 11) is 1.50. The largest absolute Gasteiger partial charge is 0.457 e. The van der Waals surface area contributed by atoms with Gasteiger partial charge in [-0.3, -0.25) is 19.2 Å². The molecule has 1 aliphatic carbocycles. The van der Waals surface area contributed by atoms with Crippen LogP contribution in [0.2, 0.25) is 0 Å². The van der Waals surface area contributed by atoms with Gasteiger partial charge in [-0.25, -0.2) is 4.79 Å². The first-order valence-electron chi connectivity index (χ1n) is 12.2. The van der Waals surface area contributed by atoms with Crippen molar-refractivity contribution < 1.29 is 38.2 Å². The third kappa shape index (κ3) is 7.39. The lowest BCUT2D eigenvalue weighted by molar-refractivity contribution is -0.176. The standard InChI is InChI=1S/C27H31N3O8/c1-3-13-30(16-17-9-11-19(12-10-17)36-18-7-5-4-6-8-18)27(35)38-26(34)23-20(24(28)32)14-21(23)25(33)37-22(31)15-29-2/h4-12,20-21,23,29H,3,13-16H2,1-2H3,(H2,28,32). The summed E-state index contributed by atoms with van der Waals surface area (Å²) in [6.07, 6.45) is -0.408. The van der Waals surface area contributed by atoms with E-state index in [1.807, 2.05) is 37.3 Å². The minimum absolute atomic E-state index is 0.0783. The topological polar surface area (TPSA) is 154 Å². The first-order valence-corrected chi connectivity index (χ1v) is 12.2. The van der Waals surface area contributed by atoms with Crippen LogP contribution in [0.1, 0.15) is 25.3 Å². The third-order valence-corrected chi connectivity index (χ3v) is 6.07. The Morgan fingerprint density at radius 2 is 1.58 bits per heavy atom. The van der Waals surface area contributed by atoms with Gasteiger partial charge in [-0.1, -0.05) is 37.3 Å². The minimum atomic E-state index is -1.32. The number of likely N-dealkylation sites (N-methyl/N-ethyl adjacent to an activating group) is 1. The predicted molar refractivity (Wildman–Crippen MR) is 134 cm³/mol. The highest BCUT2D eigenvalue weighted by Crippen LogP contribution is 2.42. The Bertz CT molecular complexity index is 1150. The van der Waals surface area contributed by atoms with E-state index in [0.29, 0.717) is 24.5 Å². The van der Waals surface area contributed by atoms with E-state index in [9.17, 15) is 24.0 Å². The summed E-state index contributed by atoms with van der Waals surface area (Å²) in [6.45, 7) is 2.10. The Morgan fingerprint density at radius 3 is 2.18 bits per heavy atom. The molecule has 3 N–H and O–H groups in total. The summed E-state index contributed by atoms with van der Waals surface area (Å²) in [5, 5.41) is 2.54. The number of rotatable bonds is 11. The van der Waals surface area contributed by atoms with Crippen molar-refractivity contribution in [1.29, 1.82) is 0 Å². The zero-order valence-electron chi connectivity index (χ0n) is 21.3. The van der Waals surface area contributed by atoms with Crippen molar-refractivity contribution in [1.82, 2.24) is 10.2 Å². The van der Waals surface area contributed by atoms with Gasteiger partial charge in [0.05, 0.1) is 24.3 Å². The number of amides is 2. The number of nitrogens with two attached hydrogens (primary N) is 1. The predicted octanol–water partition coefficient (Wildman–Crippen LogP) is 2.38. The van der Waals surface area contributed by atoms with Gasteiger partial charge in [0, 0.05) is 13.1 Å². The summed E-state index contributed by atoms with van der Waals surface area (Å²) >= 11 is 0. The van der Waals surface area contributed by atoms with Crippen molar-refractivity contribution in [3.05, 3.63) is 60.2 Å². The van der Waals surface area contributed by atoms with Crippen LogP contribution < -0.4 is 15.8 Å². The SMILES string of the molecule is CCCN(Cc1ccc(Oc2ccccc2)cc1)C(=O)OC(=O)C1C(C(N)=O)CC1C(=O)OC(=O)CNC. The van der Waals surface area contributed by atoms with Gasteiger partial charge in [-0.2, -0.15) is 0 Å². The molecular formula is C27H31N3O8. The number of carbonyl (C=O) groups excluding carboxylic acids is 5. The molecule has 0 aliphatic heterocycles. The van der Waals surface area contributed by atoms with Crippen LogP contribution >= 0.6 is 0 Å². The fourth-order valence-corrected chi connectivity index (χ4v) is 4.12. The van der Waals surface area contributed by atoms with Gasteiger partial charge in [0.2, 0.25) is 5.91 Å². The molecule has 3 rings (SSSR count). The molecule has 1 fully saturated rings. The lowest BCUT2D eigenvalue weighted by atomic mass is 9.64. The molecule has 3 atom stereocenters. The van der Waals surface area contributed by atoms with E-state index in [2.05, 4.69) is 5.32 Å². The van der Waals surface area contributed by atoms with E-state index in [4.69, 9.17) is 19.9 Å². The van der Waals surface area contributed by atoms with E-state index < -0.39 is 47.7 Å². The van der Waals surface area contributed by atoms with Crippen LogP contribution in [0.5, 0.6) is 11.5 Å². The van der Waals surface area contributed by atoms with Crippen molar-refractivity contribution in [2.75, 3.05) is 20.1 Å². The fourth-order valence-electron chi connectivity index (χ4n) is 4.12. The molecule has 11 heteroatoms. The van der Waals surface area contributed by atoms with Crippen molar-refractivity contribution in [3.8, 4) is 11.5 Å². The summed E-state index contributed by atoms with van der Waals surface area (Å²) in [6, 6.07) is 16.4. The molecule has 0 aromatic heterocycles. The van der Waals surface area contributed by atoms with Gasteiger partial charge in [-0.15, -0.1) is 0 Å². The normalized spacial score (nSPS) is 18.0. The maximum Gasteiger partial charge on any atom is 0.417 e. The fraction of sp³-hybridized carbons (Fsp3) is 0.370. The Kier molecular flexibility index (Phi) is 9.94. The average molecular weight is 526 g/mol. The van der Waals surface area contributed by atoms with Crippen molar-refractivity contribution in [2.24, 2.45) is 23.5 Å². The van der Waals surface area contributed by atoms with Crippen molar-refractivity contribution in [2.45, 2.75) is 26.3 Å². The van der Waals surface area contributed by atoms with E-state index >= 15 is 0 Å². The second kappa shape index (κ2) is 13.3. The second-order valence-corrected chi connectivity index (χ2v) is 8.87. The average Bonchev–Trinajstić information content (AvgIpc) is 2.84. The molecule has 2 aromatic rings. The number of nitrogens with zero attached hydrogens (tertiary/aromatic N) is 1. The highest BCUT2D eigenvalue weighted by atomic mass is 16.6. The van der Waals surface area contributed by atoms with Gasteiger partial charge >= 0.3 is 24.0 Å². The van der Waals surface area contributed by atoms with Gasteiger partial charge in [0.1, 0.15) is 11.5 Å². The number of carbonyl (C=O) groups is 5. The molecular weight excluding hydrogens is 494 g/mol. The second-order valence-electron chi connectivity index (χ2n) is 8.87. The Hall–Kier alpha value is -4.25. The molecule has 38 heavy (non-hydrogen) atoms. The number of esters is 3. The lowest BCUT2D eigenvalue weighted by Gasteiger charge is -2.38. The lowest BCUT2D eigenvalue weighted by Crippen LogP contribution is -2.53. The number of para-hydroxylation sites is 1. The summed E-state index contributed by atoms with van der Waals surface area (Å²) in [4.78, 5) is 62.8. The molecule has 202 valence electrons. The highest BCUT2D eigenvalue weighted by Gasteiger charge is 2.54. The molecule has 2 amide bonds. The molecule has 0 radical (unpaired) electrons. The number of benzene rings is 2. The molecule has 3 unspecified atom stereocenters. The molecule has 1 saturated carbocycles. The first kappa shape index (κ1) is 28.3. The van der Waals surface area contributed by atoms with Crippen LogP contribution in [-0.2, 0) is 35.2 Å². The van der Waals surface area contributed by atoms with Gasteiger partial charge in [-0.05, 0) is 49.7 Å². The number of hydrogen-bond donors (Lipinski definition) is 2. The van der Waals surface area contributed by atoms with Crippen molar-refractivity contribution in [3.63, 3.8) is 0 Å². The maximum atomic E-state index is 12.9. The van der Waals surface area contributed by atoms with Gasteiger partial charge in [0.25, 0.3) is 0 Å². The third-order valence-electron chi connectivity index (χ3n) is 6.07. The summed E-state index contributed by atoms with van der Waals surface area (Å²) in [5.41, 5.74) is 6.13. The molecule has 0 bridgehead atoms. The Labute approximate surface area is 220 Å². The van der Waals surface area contributed by atoms with Crippen LogP contribution in [0.3, 0.4) is 0 Å². The van der Waals surface area contributed by atoms with Crippen LogP contribution in [-0.4, -0.2) is 54.9 Å². The van der Waals surface area contributed by atoms with Gasteiger partial charge < -0.3 is 30.2 Å². The van der Waals surface area contributed by atoms with E-state index in [1.165, 1.54) is 11.9 Å². The maximum absolute atomic E-state index is 12.9. The Morgan fingerprint density at radius 1 is 0.921 bits per heavy atom. The van der Waals surface area contributed by atoms with Crippen LogP contribution in [0, 0.1) is 17.8 Å². The first-order chi connectivity index (χ1) is 18.2. The van der Waals surface area contributed by atoms with E-state index in [0.717, 1.165) is 5.56 Å². The number of hydrogen-bond acceptors (Lipinski definition) is 9. The van der Waals surface area contributed by atoms with Crippen LogP contribution in [0.15, 0.2) is 54.6 Å². The van der Waals surface area contributed by atoms with E-state index in [1.54, 1.807) is 24.3 Å². The van der Waals surface area contributed by atoms with Crippen LogP contribution in [0.4, 0.5) is 4.79 Å². The number of nitrogens with one attached hydrogen (secondary N) is 1. The number of primary amides is 1.